The zero-order valence-corrected chi connectivity index (χ0v) is 13.5. The topological polar surface area (TPSA) is 35.0 Å². The van der Waals surface area contributed by atoms with Gasteiger partial charge in [-0.1, -0.05) is 25.4 Å². The molecular weight excluding hydrogens is 304 g/mol. The van der Waals surface area contributed by atoms with Gasteiger partial charge < -0.3 is 4.74 Å². The van der Waals surface area contributed by atoms with Gasteiger partial charge in [-0.25, -0.2) is 9.97 Å². The molecule has 0 spiro atoms. The van der Waals surface area contributed by atoms with Gasteiger partial charge in [0.1, 0.15) is 21.5 Å². The lowest BCUT2D eigenvalue weighted by Crippen LogP contribution is -1.91. The van der Waals surface area contributed by atoms with Gasteiger partial charge in [0.15, 0.2) is 0 Å². The van der Waals surface area contributed by atoms with Crippen LogP contribution in [0.25, 0.3) is 21.6 Å². The Labute approximate surface area is 132 Å². The second kappa shape index (κ2) is 5.62. The summed E-state index contributed by atoms with van der Waals surface area (Å²) in [6, 6.07) is 8.79. The largest absolute Gasteiger partial charge is 0.495 e. The summed E-state index contributed by atoms with van der Waals surface area (Å²) in [6.07, 6.45) is 0. The first-order chi connectivity index (χ1) is 10.1. The Morgan fingerprint density at radius 1 is 1.29 bits per heavy atom. The molecule has 21 heavy (non-hydrogen) atoms. The van der Waals surface area contributed by atoms with E-state index in [1.807, 2.05) is 18.2 Å². The lowest BCUT2D eigenvalue weighted by atomic mass is 10.1. The van der Waals surface area contributed by atoms with Crippen molar-refractivity contribution in [1.82, 2.24) is 9.97 Å². The normalized spacial score (nSPS) is 11.3. The number of hydrogen-bond donors (Lipinski definition) is 0. The van der Waals surface area contributed by atoms with Crippen LogP contribution in [-0.4, -0.2) is 17.1 Å². The molecule has 3 aromatic rings. The summed E-state index contributed by atoms with van der Waals surface area (Å²) in [4.78, 5) is 9.25. The molecule has 0 fully saturated rings. The van der Waals surface area contributed by atoms with Gasteiger partial charge in [0.05, 0.1) is 18.3 Å². The Bertz CT molecular complexity index is 798. The Morgan fingerprint density at radius 3 is 2.76 bits per heavy atom. The van der Waals surface area contributed by atoms with Gasteiger partial charge in [0, 0.05) is 10.8 Å². The molecule has 3 rings (SSSR count). The third-order valence-electron chi connectivity index (χ3n) is 3.23. The van der Waals surface area contributed by atoms with Crippen molar-refractivity contribution in [3.63, 3.8) is 0 Å². The average Bonchev–Trinajstić information content (AvgIpc) is 2.97. The molecule has 1 radical (unpaired) electrons. The van der Waals surface area contributed by atoms with Crippen molar-refractivity contribution >= 4 is 33.8 Å². The van der Waals surface area contributed by atoms with Gasteiger partial charge in [-0.2, -0.15) is 0 Å². The maximum absolute atomic E-state index is 6.33. The van der Waals surface area contributed by atoms with Gasteiger partial charge in [-0.05, 0) is 30.2 Å². The Hall–Kier alpha value is -1.65. The monoisotopic (exact) mass is 317 g/mol. The molecule has 107 valence electrons. The zero-order valence-electron chi connectivity index (χ0n) is 12.0. The first-order valence-corrected chi connectivity index (χ1v) is 7.86. The Balaban J connectivity index is 2.13. The predicted octanol–water partition coefficient (Wildman–Crippen LogP) is 4.94. The van der Waals surface area contributed by atoms with Crippen molar-refractivity contribution in [3.8, 4) is 16.5 Å². The molecule has 0 unspecified atom stereocenters. The molecule has 0 amide bonds. The van der Waals surface area contributed by atoms with Crippen LogP contribution in [0.1, 0.15) is 25.5 Å². The van der Waals surface area contributed by atoms with E-state index in [9.17, 15) is 0 Å². The number of thiazole rings is 1. The first-order valence-electron chi connectivity index (χ1n) is 6.61. The lowest BCUT2D eigenvalue weighted by molar-refractivity contribution is 0.415. The third kappa shape index (κ3) is 2.61. The first kappa shape index (κ1) is 14.3. The van der Waals surface area contributed by atoms with Gasteiger partial charge in [0.2, 0.25) is 0 Å². The fraction of sp³-hybridized carbons (Fsp3) is 0.250. The molecule has 3 nitrogen and oxygen atoms in total. The minimum Gasteiger partial charge on any atom is -0.495 e. The van der Waals surface area contributed by atoms with Crippen molar-refractivity contribution < 1.29 is 4.74 Å². The van der Waals surface area contributed by atoms with Crippen molar-refractivity contribution in [2.45, 2.75) is 19.8 Å². The maximum Gasteiger partial charge on any atom is 0.142 e. The predicted molar refractivity (Wildman–Crippen MR) is 87.3 cm³/mol. The van der Waals surface area contributed by atoms with Crippen molar-refractivity contribution in [3.05, 3.63) is 40.4 Å². The standard InChI is InChI=1S/C16H14ClN2OS/c1-9(2)12-8-21-16(19-12)11-6-4-10-5-7-13(20-3)14(17)15(10)18-11/h5-9H,1-3H3. The van der Waals surface area contributed by atoms with Gasteiger partial charge in [-0.3, -0.25) is 0 Å². The zero-order chi connectivity index (χ0) is 15.0. The van der Waals surface area contributed by atoms with Crippen molar-refractivity contribution in [2.75, 3.05) is 7.11 Å². The van der Waals surface area contributed by atoms with Crippen LogP contribution < -0.4 is 4.74 Å². The highest BCUT2D eigenvalue weighted by molar-refractivity contribution is 7.13. The van der Waals surface area contributed by atoms with Crippen LogP contribution in [0, 0.1) is 6.07 Å². The number of ether oxygens (including phenoxy) is 1. The minimum atomic E-state index is 0.406. The van der Waals surface area contributed by atoms with E-state index >= 15 is 0 Å². The van der Waals surface area contributed by atoms with E-state index in [4.69, 9.17) is 16.3 Å². The summed E-state index contributed by atoms with van der Waals surface area (Å²) >= 11 is 7.92. The highest BCUT2D eigenvalue weighted by Gasteiger charge is 2.12. The van der Waals surface area contributed by atoms with Crippen LogP contribution in [0.5, 0.6) is 5.75 Å². The van der Waals surface area contributed by atoms with E-state index in [1.165, 1.54) is 0 Å². The number of aromatic nitrogens is 2. The van der Waals surface area contributed by atoms with E-state index < -0.39 is 0 Å². The van der Waals surface area contributed by atoms with Crippen molar-refractivity contribution in [2.24, 2.45) is 0 Å². The number of halogens is 1. The summed E-state index contributed by atoms with van der Waals surface area (Å²) in [5, 5.41) is 4.33. The van der Waals surface area contributed by atoms with E-state index in [1.54, 1.807) is 18.4 Å². The Morgan fingerprint density at radius 2 is 2.10 bits per heavy atom. The summed E-state index contributed by atoms with van der Waals surface area (Å²) in [6.45, 7) is 4.25. The number of fused-ring (bicyclic) bond motifs is 1. The fourth-order valence-electron chi connectivity index (χ4n) is 2.01. The highest BCUT2D eigenvalue weighted by atomic mass is 35.5. The average molecular weight is 318 g/mol. The van der Waals surface area contributed by atoms with Crippen LogP contribution in [0.15, 0.2) is 23.6 Å². The molecule has 5 heteroatoms. The number of benzene rings is 1. The molecule has 0 saturated heterocycles. The molecule has 0 aliphatic heterocycles. The number of hydrogen-bond acceptors (Lipinski definition) is 4. The van der Waals surface area contributed by atoms with E-state index in [-0.39, 0.29) is 0 Å². The number of rotatable bonds is 3. The van der Waals surface area contributed by atoms with Crippen LogP contribution in [-0.2, 0) is 0 Å². The van der Waals surface area contributed by atoms with Crippen molar-refractivity contribution in [1.29, 1.82) is 0 Å². The molecule has 2 aromatic heterocycles. The molecule has 0 bridgehead atoms. The molecule has 0 aliphatic rings. The fourth-order valence-corrected chi connectivity index (χ4v) is 3.23. The molecule has 0 aliphatic carbocycles. The summed E-state index contributed by atoms with van der Waals surface area (Å²) < 4.78 is 5.24. The van der Waals surface area contributed by atoms with Crippen LogP contribution in [0.3, 0.4) is 0 Å². The van der Waals surface area contributed by atoms with Gasteiger partial charge in [-0.15, -0.1) is 11.3 Å². The quantitative estimate of drug-likeness (QED) is 0.686. The van der Waals surface area contributed by atoms with Gasteiger partial charge in [0.25, 0.3) is 0 Å². The van der Waals surface area contributed by atoms with Gasteiger partial charge >= 0.3 is 0 Å². The summed E-state index contributed by atoms with van der Waals surface area (Å²) in [5.41, 5.74) is 2.55. The third-order valence-corrected chi connectivity index (χ3v) is 4.48. The summed E-state index contributed by atoms with van der Waals surface area (Å²) in [7, 11) is 1.59. The SMILES string of the molecule is COc1ccc2[c]cc(-c3nc(C(C)C)cs3)nc2c1Cl. The Kier molecular flexibility index (Phi) is 3.83. The highest BCUT2D eigenvalue weighted by Crippen LogP contribution is 2.33. The second-order valence-corrected chi connectivity index (χ2v) is 6.23. The second-order valence-electron chi connectivity index (χ2n) is 5.00. The van der Waals surface area contributed by atoms with Crippen LogP contribution in [0.4, 0.5) is 0 Å². The molecule has 0 atom stereocenters. The lowest BCUT2D eigenvalue weighted by Gasteiger charge is -2.06. The van der Waals surface area contributed by atoms with E-state index in [0.717, 1.165) is 21.8 Å². The number of pyridine rings is 1. The number of nitrogens with zero attached hydrogens (tertiary/aromatic N) is 2. The molecule has 2 heterocycles. The van der Waals surface area contributed by atoms with E-state index in [0.29, 0.717) is 22.2 Å². The van der Waals surface area contributed by atoms with Crippen LogP contribution >= 0.6 is 22.9 Å². The van der Waals surface area contributed by atoms with E-state index in [2.05, 4.69) is 35.3 Å². The molecular formula is C16H14ClN2OS. The van der Waals surface area contributed by atoms with Crippen LogP contribution in [0.2, 0.25) is 5.02 Å². The maximum atomic E-state index is 6.33. The smallest absolute Gasteiger partial charge is 0.142 e. The molecule has 1 aromatic carbocycles. The molecule has 0 saturated carbocycles. The summed E-state index contributed by atoms with van der Waals surface area (Å²) in [5.74, 6) is 1.02. The number of methoxy groups -OCH3 is 1. The molecule has 0 N–H and O–H groups in total. The minimum absolute atomic E-state index is 0.406.